The van der Waals surface area contributed by atoms with Crippen LogP contribution in [0.3, 0.4) is 0 Å². The second-order valence-electron chi connectivity index (χ2n) is 7.10. The van der Waals surface area contributed by atoms with Crippen LogP contribution in [0.2, 0.25) is 0 Å². The number of carbonyl (C=O) groups excluding carboxylic acids is 2. The van der Waals surface area contributed by atoms with Crippen LogP contribution in [0, 0.1) is 0 Å². The fourth-order valence-corrected chi connectivity index (χ4v) is 3.32. The van der Waals surface area contributed by atoms with E-state index in [9.17, 15) is 9.59 Å². The van der Waals surface area contributed by atoms with Crippen LogP contribution in [0.15, 0.2) is 102 Å². The highest BCUT2D eigenvalue weighted by atomic mass is 16.5. The van der Waals surface area contributed by atoms with Gasteiger partial charge in [0, 0.05) is 11.3 Å². The first-order valence-electron chi connectivity index (χ1n) is 10.1. The molecule has 6 heteroatoms. The summed E-state index contributed by atoms with van der Waals surface area (Å²) in [7, 11) is 1.62. The Kier molecular flexibility index (Phi) is 6.32. The predicted octanol–water partition coefficient (Wildman–Crippen LogP) is 5.06. The maximum absolute atomic E-state index is 13.0. The molecule has 0 saturated carbocycles. The quantitative estimate of drug-likeness (QED) is 0.433. The molecule has 0 aliphatic heterocycles. The minimum Gasteiger partial charge on any atom is -0.497 e. The number of hydrogen-bond donors (Lipinski definition) is 2. The standard InChI is InChI=1S/C26H22N2O4/c1-31-22-15-11-19(12-16-22)24(18-6-3-2-4-7-18)28-25(29)20-9-13-21(14-10-20)27-26(30)23-8-5-17-32-23/h2-17,24H,1H3,(H,27,30)(H,28,29)/t24-/m0/s1. The van der Waals surface area contributed by atoms with Gasteiger partial charge in [-0.25, -0.2) is 0 Å². The van der Waals surface area contributed by atoms with Gasteiger partial charge >= 0.3 is 0 Å². The average Bonchev–Trinajstić information content (AvgIpc) is 3.39. The summed E-state index contributed by atoms with van der Waals surface area (Å²) in [4.78, 5) is 25.1. The minimum atomic E-state index is -0.351. The van der Waals surface area contributed by atoms with E-state index in [0.29, 0.717) is 11.3 Å². The Morgan fingerprint density at radius 2 is 1.47 bits per heavy atom. The molecule has 0 radical (unpaired) electrons. The molecule has 1 atom stereocenters. The molecule has 6 nitrogen and oxygen atoms in total. The Balaban J connectivity index is 1.50. The number of benzene rings is 3. The molecule has 2 N–H and O–H groups in total. The predicted molar refractivity (Wildman–Crippen MR) is 122 cm³/mol. The third-order valence-electron chi connectivity index (χ3n) is 5.01. The Hall–Kier alpha value is -4.32. The lowest BCUT2D eigenvalue weighted by molar-refractivity contribution is 0.0942. The van der Waals surface area contributed by atoms with Crippen LogP contribution in [0.5, 0.6) is 5.75 Å². The SMILES string of the molecule is COc1ccc([C@@H](NC(=O)c2ccc(NC(=O)c3ccco3)cc2)c2ccccc2)cc1. The zero-order valence-corrected chi connectivity index (χ0v) is 17.4. The van der Waals surface area contributed by atoms with Crippen molar-refractivity contribution in [1.82, 2.24) is 5.32 Å². The lowest BCUT2D eigenvalue weighted by Crippen LogP contribution is -2.29. The zero-order valence-electron chi connectivity index (χ0n) is 17.4. The fourth-order valence-electron chi connectivity index (χ4n) is 3.32. The first kappa shape index (κ1) is 20.9. The first-order valence-corrected chi connectivity index (χ1v) is 10.1. The van der Waals surface area contributed by atoms with Crippen molar-refractivity contribution >= 4 is 17.5 Å². The summed E-state index contributed by atoms with van der Waals surface area (Å²) < 4.78 is 10.3. The van der Waals surface area contributed by atoms with E-state index in [2.05, 4.69) is 10.6 Å². The summed E-state index contributed by atoms with van der Waals surface area (Å²) in [6.07, 6.45) is 1.44. The van der Waals surface area contributed by atoms with Gasteiger partial charge in [0.05, 0.1) is 19.4 Å². The monoisotopic (exact) mass is 426 g/mol. The van der Waals surface area contributed by atoms with Gasteiger partial charge in [-0.3, -0.25) is 9.59 Å². The summed E-state index contributed by atoms with van der Waals surface area (Å²) in [5, 5.41) is 5.84. The molecule has 1 aromatic heterocycles. The molecular formula is C26H22N2O4. The highest BCUT2D eigenvalue weighted by molar-refractivity contribution is 6.02. The molecular weight excluding hydrogens is 404 g/mol. The molecule has 2 amide bonds. The topological polar surface area (TPSA) is 80.6 Å². The van der Waals surface area contributed by atoms with Crippen LogP contribution in [-0.2, 0) is 0 Å². The summed E-state index contributed by atoms with van der Waals surface area (Å²) in [5.41, 5.74) is 2.95. The van der Waals surface area contributed by atoms with Crippen LogP contribution in [-0.4, -0.2) is 18.9 Å². The molecule has 4 aromatic rings. The van der Waals surface area contributed by atoms with Gasteiger partial charge < -0.3 is 19.8 Å². The van der Waals surface area contributed by atoms with E-state index in [-0.39, 0.29) is 23.6 Å². The number of amides is 2. The van der Waals surface area contributed by atoms with E-state index < -0.39 is 0 Å². The molecule has 160 valence electrons. The van der Waals surface area contributed by atoms with Crippen LogP contribution in [0.1, 0.15) is 38.1 Å². The fraction of sp³-hybridized carbons (Fsp3) is 0.0769. The van der Waals surface area contributed by atoms with E-state index in [4.69, 9.17) is 9.15 Å². The van der Waals surface area contributed by atoms with E-state index in [0.717, 1.165) is 16.9 Å². The van der Waals surface area contributed by atoms with Gasteiger partial charge in [-0.05, 0) is 59.7 Å². The maximum Gasteiger partial charge on any atom is 0.291 e. The van der Waals surface area contributed by atoms with Crippen molar-refractivity contribution in [1.29, 1.82) is 0 Å². The van der Waals surface area contributed by atoms with Crippen molar-refractivity contribution in [3.05, 3.63) is 120 Å². The second-order valence-corrected chi connectivity index (χ2v) is 7.10. The summed E-state index contributed by atoms with van der Waals surface area (Å²) in [6.45, 7) is 0. The molecule has 0 aliphatic rings. The Morgan fingerprint density at radius 1 is 0.781 bits per heavy atom. The molecule has 0 spiro atoms. The molecule has 32 heavy (non-hydrogen) atoms. The van der Waals surface area contributed by atoms with Crippen LogP contribution in [0.25, 0.3) is 0 Å². The third kappa shape index (κ3) is 4.87. The maximum atomic E-state index is 13.0. The van der Waals surface area contributed by atoms with E-state index in [1.54, 1.807) is 43.5 Å². The molecule has 0 bridgehead atoms. The van der Waals surface area contributed by atoms with Gasteiger partial charge in [0.15, 0.2) is 5.76 Å². The minimum absolute atomic E-state index is 0.219. The summed E-state index contributed by atoms with van der Waals surface area (Å²) in [5.74, 6) is 0.394. The highest BCUT2D eigenvalue weighted by Gasteiger charge is 2.18. The highest BCUT2D eigenvalue weighted by Crippen LogP contribution is 2.25. The number of methoxy groups -OCH3 is 1. The number of anilines is 1. The number of ether oxygens (including phenoxy) is 1. The van der Waals surface area contributed by atoms with Crippen molar-refractivity contribution in [2.45, 2.75) is 6.04 Å². The summed E-state index contributed by atoms with van der Waals surface area (Å²) in [6, 6.07) is 27.0. The lowest BCUT2D eigenvalue weighted by Gasteiger charge is -2.20. The van der Waals surface area contributed by atoms with E-state index in [1.807, 2.05) is 54.6 Å². The number of furan rings is 1. The number of nitrogens with one attached hydrogen (secondary N) is 2. The number of hydrogen-bond acceptors (Lipinski definition) is 4. The van der Waals surface area contributed by atoms with Gasteiger partial charge in [-0.1, -0.05) is 42.5 Å². The summed E-state index contributed by atoms with van der Waals surface area (Å²) >= 11 is 0. The molecule has 3 aromatic carbocycles. The smallest absolute Gasteiger partial charge is 0.291 e. The first-order chi connectivity index (χ1) is 15.6. The van der Waals surface area contributed by atoms with Crippen molar-refractivity contribution in [2.24, 2.45) is 0 Å². The van der Waals surface area contributed by atoms with Gasteiger partial charge in [-0.15, -0.1) is 0 Å². The molecule has 4 rings (SSSR count). The molecule has 1 heterocycles. The second kappa shape index (κ2) is 9.66. The normalized spacial score (nSPS) is 11.4. The molecule has 0 unspecified atom stereocenters. The van der Waals surface area contributed by atoms with Gasteiger partial charge in [-0.2, -0.15) is 0 Å². The Bertz CT molecular complexity index is 1170. The van der Waals surface area contributed by atoms with E-state index >= 15 is 0 Å². The van der Waals surface area contributed by atoms with Crippen molar-refractivity contribution < 1.29 is 18.7 Å². The number of carbonyl (C=O) groups is 2. The van der Waals surface area contributed by atoms with Crippen molar-refractivity contribution in [3.63, 3.8) is 0 Å². The van der Waals surface area contributed by atoms with Crippen molar-refractivity contribution in [2.75, 3.05) is 12.4 Å². The average molecular weight is 426 g/mol. The Labute approximate surface area is 185 Å². The van der Waals surface area contributed by atoms with E-state index in [1.165, 1.54) is 6.26 Å². The number of rotatable bonds is 7. The molecule has 0 aliphatic carbocycles. The van der Waals surface area contributed by atoms with Gasteiger partial charge in [0.25, 0.3) is 11.8 Å². The Morgan fingerprint density at radius 3 is 2.09 bits per heavy atom. The molecule has 0 fully saturated rings. The van der Waals surface area contributed by atoms with Crippen LogP contribution in [0.4, 0.5) is 5.69 Å². The van der Waals surface area contributed by atoms with Crippen LogP contribution >= 0.6 is 0 Å². The van der Waals surface area contributed by atoms with Gasteiger partial charge in [0.2, 0.25) is 0 Å². The van der Waals surface area contributed by atoms with Crippen LogP contribution < -0.4 is 15.4 Å². The zero-order chi connectivity index (χ0) is 22.3. The molecule has 0 saturated heterocycles. The lowest BCUT2D eigenvalue weighted by atomic mass is 9.98. The third-order valence-corrected chi connectivity index (χ3v) is 5.01. The van der Waals surface area contributed by atoms with Gasteiger partial charge in [0.1, 0.15) is 5.75 Å². The van der Waals surface area contributed by atoms with Crippen molar-refractivity contribution in [3.8, 4) is 5.75 Å². The largest absolute Gasteiger partial charge is 0.497 e.